The molecule has 0 atom stereocenters. The molecule has 1 saturated heterocycles. The molecule has 0 aliphatic carbocycles. The lowest BCUT2D eigenvalue weighted by Crippen LogP contribution is -2.29. The highest BCUT2D eigenvalue weighted by Gasteiger charge is 2.15. The highest BCUT2D eigenvalue weighted by atomic mass is 32.1. The summed E-state index contributed by atoms with van der Waals surface area (Å²) in [5.74, 6) is 0. The van der Waals surface area contributed by atoms with Crippen molar-refractivity contribution in [1.82, 2.24) is 10.3 Å². The number of anilines is 1. The molecule has 0 aromatic carbocycles. The second-order valence-corrected chi connectivity index (χ2v) is 7.03. The average molecular weight is 293 g/mol. The van der Waals surface area contributed by atoms with Gasteiger partial charge in [-0.15, -0.1) is 0 Å². The van der Waals surface area contributed by atoms with Gasteiger partial charge in [-0.2, -0.15) is 0 Å². The minimum atomic E-state index is 0.532. The van der Waals surface area contributed by atoms with Crippen LogP contribution in [-0.4, -0.2) is 30.7 Å². The molecular weight excluding hydrogens is 266 g/mol. The molecule has 0 unspecified atom stereocenters. The summed E-state index contributed by atoms with van der Waals surface area (Å²) in [7, 11) is 0. The monoisotopic (exact) mass is 293 g/mol. The van der Waals surface area contributed by atoms with Crippen molar-refractivity contribution in [2.45, 2.75) is 53.0 Å². The maximum absolute atomic E-state index is 4.76. The number of thiazole rings is 1. The van der Waals surface area contributed by atoms with Crippen LogP contribution in [0.4, 0.5) is 5.13 Å². The van der Waals surface area contributed by atoms with Crippen LogP contribution >= 0.6 is 11.3 Å². The van der Waals surface area contributed by atoms with E-state index in [1.807, 2.05) is 11.3 Å². The molecule has 0 saturated carbocycles. The maximum atomic E-state index is 4.76. The Labute approximate surface area is 127 Å². The first-order valence-electron chi connectivity index (χ1n) is 7.69. The Bertz CT molecular complexity index is 456. The number of nitrogens with one attached hydrogen (secondary N) is 1. The quantitative estimate of drug-likeness (QED) is 0.894. The zero-order valence-corrected chi connectivity index (χ0v) is 14.0. The van der Waals surface area contributed by atoms with Crippen molar-refractivity contribution in [3.63, 3.8) is 0 Å². The predicted octanol–water partition coefficient (Wildman–Crippen LogP) is 3.84. The number of nitrogens with zero attached hydrogens (tertiary/aromatic N) is 2. The van der Waals surface area contributed by atoms with E-state index in [1.54, 1.807) is 0 Å². The lowest BCUT2D eigenvalue weighted by atomic mass is 10.1. The van der Waals surface area contributed by atoms with Crippen LogP contribution < -0.4 is 10.2 Å². The van der Waals surface area contributed by atoms with Crippen molar-refractivity contribution in [2.75, 3.05) is 24.5 Å². The van der Waals surface area contributed by atoms with Gasteiger partial charge in [-0.25, -0.2) is 4.98 Å². The van der Waals surface area contributed by atoms with E-state index in [0.29, 0.717) is 6.04 Å². The van der Waals surface area contributed by atoms with Gasteiger partial charge in [0.1, 0.15) is 0 Å². The van der Waals surface area contributed by atoms with Crippen molar-refractivity contribution in [3.05, 3.63) is 16.1 Å². The van der Waals surface area contributed by atoms with Gasteiger partial charge in [0.05, 0.1) is 10.6 Å². The average Bonchev–Trinajstić information content (AvgIpc) is 2.79. The normalized spacial score (nSPS) is 17.1. The van der Waals surface area contributed by atoms with Crippen LogP contribution in [0.5, 0.6) is 0 Å². The lowest BCUT2D eigenvalue weighted by molar-refractivity contribution is 0.576. The van der Waals surface area contributed by atoms with Crippen LogP contribution in [0.15, 0.2) is 5.57 Å². The van der Waals surface area contributed by atoms with Gasteiger partial charge in [0.25, 0.3) is 0 Å². The molecule has 1 aromatic heterocycles. The summed E-state index contributed by atoms with van der Waals surface area (Å²) in [6, 6.07) is 0.532. The minimum Gasteiger partial charge on any atom is -0.348 e. The number of hydrogen-bond acceptors (Lipinski definition) is 4. The summed E-state index contributed by atoms with van der Waals surface area (Å²) < 4.78 is 0. The summed E-state index contributed by atoms with van der Waals surface area (Å²) >= 11 is 1.84. The molecule has 1 fully saturated rings. The third-order valence-corrected chi connectivity index (χ3v) is 4.78. The number of hydrogen-bond donors (Lipinski definition) is 1. The van der Waals surface area contributed by atoms with Crippen molar-refractivity contribution in [2.24, 2.45) is 0 Å². The Morgan fingerprint density at radius 2 is 2.05 bits per heavy atom. The zero-order chi connectivity index (χ0) is 14.5. The second-order valence-electron chi connectivity index (χ2n) is 6.02. The van der Waals surface area contributed by atoms with Gasteiger partial charge in [-0.3, -0.25) is 0 Å². The van der Waals surface area contributed by atoms with E-state index in [0.717, 1.165) is 6.54 Å². The molecule has 1 N–H and O–H groups in total. The van der Waals surface area contributed by atoms with Gasteiger partial charge in [-0.05, 0) is 39.2 Å². The van der Waals surface area contributed by atoms with Crippen molar-refractivity contribution < 1.29 is 0 Å². The van der Waals surface area contributed by atoms with Gasteiger partial charge in [0, 0.05) is 25.7 Å². The smallest absolute Gasteiger partial charge is 0.186 e. The van der Waals surface area contributed by atoms with Crippen molar-refractivity contribution in [1.29, 1.82) is 0 Å². The molecule has 2 heterocycles. The van der Waals surface area contributed by atoms with E-state index >= 15 is 0 Å². The van der Waals surface area contributed by atoms with E-state index in [-0.39, 0.29) is 0 Å². The first kappa shape index (κ1) is 15.5. The molecule has 0 bridgehead atoms. The third kappa shape index (κ3) is 4.32. The molecule has 3 nitrogen and oxygen atoms in total. The predicted molar refractivity (Wildman–Crippen MR) is 89.7 cm³/mol. The van der Waals surface area contributed by atoms with E-state index < -0.39 is 0 Å². The molecule has 112 valence electrons. The van der Waals surface area contributed by atoms with Crippen LogP contribution in [-0.2, 0) is 0 Å². The van der Waals surface area contributed by atoms with E-state index in [4.69, 9.17) is 4.98 Å². The zero-order valence-electron chi connectivity index (χ0n) is 13.2. The van der Waals surface area contributed by atoms with Gasteiger partial charge in [0.2, 0.25) is 0 Å². The molecule has 0 amide bonds. The Morgan fingerprint density at radius 3 is 2.70 bits per heavy atom. The number of aryl methyl sites for hydroxylation is 1. The minimum absolute atomic E-state index is 0.532. The molecule has 20 heavy (non-hydrogen) atoms. The fourth-order valence-electron chi connectivity index (χ4n) is 2.39. The summed E-state index contributed by atoms with van der Waals surface area (Å²) in [6.07, 6.45) is 6.27. The summed E-state index contributed by atoms with van der Waals surface area (Å²) in [6.45, 7) is 12.0. The maximum Gasteiger partial charge on any atom is 0.186 e. The summed E-state index contributed by atoms with van der Waals surface area (Å²) in [4.78, 5) is 8.52. The van der Waals surface area contributed by atoms with Crippen molar-refractivity contribution >= 4 is 22.5 Å². The Balaban J connectivity index is 2.04. The number of aromatic nitrogens is 1. The number of piperidine rings is 1. The largest absolute Gasteiger partial charge is 0.348 e. The fraction of sp³-hybridized carbons (Fsp3) is 0.688. The highest BCUT2D eigenvalue weighted by molar-refractivity contribution is 7.16. The van der Waals surface area contributed by atoms with Crippen LogP contribution in [0.1, 0.15) is 50.6 Å². The fourth-order valence-corrected chi connectivity index (χ4v) is 3.53. The van der Waals surface area contributed by atoms with E-state index in [2.05, 4.69) is 44.0 Å². The van der Waals surface area contributed by atoms with Gasteiger partial charge < -0.3 is 10.2 Å². The van der Waals surface area contributed by atoms with E-state index in [9.17, 15) is 0 Å². The van der Waals surface area contributed by atoms with Crippen LogP contribution in [0.25, 0.3) is 6.08 Å². The first-order valence-corrected chi connectivity index (χ1v) is 8.51. The van der Waals surface area contributed by atoms with Crippen LogP contribution in [0.2, 0.25) is 0 Å². The second kappa shape index (κ2) is 7.23. The molecule has 1 aliphatic rings. The van der Waals surface area contributed by atoms with E-state index in [1.165, 1.54) is 53.6 Å². The first-order chi connectivity index (χ1) is 9.56. The number of rotatable bonds is 5. The highest BCUT2D eigenvalue weighted by Crippen LogP contribution is 2.29. The van der Waals surface area contributed by atoms with Gasteiger partial charge >= 0.3 is 0 Å². The van der Waals surface area contributed by atoms with Gasteiger partial charge in [0.15, 0.2) is 5.13 Å². The molecule has 0 spiro atoms. The SMILES string of the molecule is CC(=Cc1sc(N2CCCCC2)nc1C)CNC(C)C. The summed E-state index contributed by atoms with van der Waals surface area (Å²) in [5, 5.41) is 4.67. The van der Waals surface area contributed by atoms with Gasteiger partial charge in [-0.1, -0.05) is 30.8 Å². The molecule has 1 aliphatic heterocycles. The lowest BCUT2D eigenvalue weighted by Gasteiger charge is -2.25. The third-order valence-electron chi connectivity index (χ3n) is 3.61. The summed E-state index contributed by atoms with van der Waals surface area (Å²) in [5.41, 5.74) is 2.54. The topological polar surface area (TPSA) is 28.2 Å². The molecular formula is C16H27N3S. The Morgan fingerprint density at radius 1 is 1.35 bits per heavy atom. The molecule has 4 heteroatoms. The molecule has 0 radical (unpaired) electrons. The molecule has 2 rings (SSSR count). The molecule has 1 aromatic rings. The van der Waals surface area contributed by atoms with Crippen LogP contribution in [0.3, 0.4) is 0 Å². The standard InChI is InChI=1S/C16H27N3S/c1-12(2)17-11-13(3)10-15-14(4)18-16(20-15)19-8-6-5-7-9-19/h10,12,17H,5-9,11H2,1-4H3. The Kier molecular flexibility index (Phi) is 5.61. The van der Waals surface area contributed by atoms with Crippen LogP contribution in [0, 0.1) is 6.92 Å². The Hall–Kier alpha value is -0.870. The van der Waals surface area contributed by atoms with Crippen molar-refractivity contribution in [3.8, 4) is 0 Å².